The number of rotatable bonds is 1. The number of aromatic nitrogens is 3. The number of anilines is 1. The van der Waals surface area contributed by atoms with E-state index < -0.39 is 0 Å². The van der Waals surface area contributed by atoms with Crippen molar-refractivity contribution in [3.63, 3.8) is 0 Å². The molecule has 0 aliphatic carbocycles. The largest absolute Gasteiger partial charge is 0.326 e. The van der Waals surface area contributed by atoms with Crippen molar-refractivity contribution in [1.82, 2.24) is 15.4 Å². The second kappa shape index (κ2) is 3.37. The molecule has 2 heterocycles. The third kappa shape index (κ3) is 1.42. The van der Waals surface area contributed by atoms with Crippen molar-refractivity contribution in [1.29, 1.82) is 0 Å². The fourth-order valence-corrected chi connectivity index (χ4v) is 1.77. The first-order valence-corrected chi connectivity index (χ1v) is 4.90. The molecule has 1 aromatic carbocycles. The van der Waals surface area contributed by atoms with Gasteiger partial charge in [-0.1, -0.05) is 12.1 Å². The van der Waals surface area contributed by atoms with Crippen LogP contribution in [-0.2, 0) is 11.2 Å². The Hall–Kier alpha value is -2.30. The number of benzene rings is 1. The van der Waals surface area contributed by atoms with E-state index in [1.54, 1.807) is 12.3 Å². The lowest BCUT2D eigenvalue weighted by atomic mass is 10.1. The topological polar surface area (TPSA) is 67.8 Å². The van der Waals surface area contributed by atoms with E-state index in [0.29, 0.717) is 6.42 Å². The van der Waals surface area contributed by atoms with Gasteiger partial charge in [0.05, 0.1) is 18.3 Å². The third-order valence-corrected chi connectivity index (χ3v) is 2.53. The molecule has 1 N–H and O–H groups in total. The standard InChI is InChI=1S/C11H8N4O/c16-11-6-8-2-1-7(5-10(8)13-11)9-3-4-12-15-14-9/h1-5H,6H2,(H,13,16). The molecular weight excluding hydrogens is 204 g/mol. The molecular formula is C11H8N4O. The molecule has 0 saturated carbocycles. The van der Waals surface area contributed by atoms with Crippen LogP contribution in [0.15, 0.2) is 30.5 Å². The lowest BCUT2D eigenvalue weighted by Gasteiger charge is -2.02. The molecule has 5 heteroatoms. The normalized spacial score (nSPS) is 13.4. The van der Waals surface area contributed by atoms with Crippen molar-refractivity contribution in [2.24, 2.45) is 0 Å². The van der Waals surface area contributed by atoms with Gasteiger partial charge in [-0.15, -0.1) is 10.2 Å². The van der Waals surface area contributed by atoms with Gasteiger partial charge in [-0.05, 0) is 22.9 Å². The van der Waals surface area contributed by atoms with Crippen LogP contribution in [0.1, 0.15) is 5.56 Å². The van der Waals surface area contributed by atoms with Crippen molar-refractivity contribution in [2.45, 2.75) is 6.42 Å². The monoisotopic (exact) mass is 212 g/mol. The Morgan fingerprint density at radius 3 is 3.00 bits per heavy atom. The first-order chi connectivity index (χ1) is 7.83. The quantitative estimate of drug-likeness (QED) is 0.766. The fraction of sp³-hybridized carbons (Fsp3) is 0.0909. The average molecular weight is 212 g/mol. The third-order valence-electron chi connectivity index (χ3n) is 2.53. The summed E-state index contributed by atoms with van der Waals surface area (Å²) in [5, 5.41) is 13.9. The predicted octanol–water partition coefficient (Wildman–Crippen LogP) is 1.03. The number of hydrogen-bond donors (Lipinski definition) is 1. The van der Waals surface area contributed by atoms with Crippen molar-refractivity contribution in [3.05, 3.63) is 36.0 Å². The zero-order valence-electron chi connectivity index (χ0n) is 8.34. The second-order valence-electron chi connectivity index (χ2n) is 3.60. The highest BCUT2D eigenvalue weighted by molar-refractivity contribution is 5.99. The summed E-state index contributed by atoms with van der Waals surface area (Å²) in [6, 6.07) is 7.56. The van der Waals surface area contributed by atoms with Crippen LogP contribution in [0.4, 0.5) is 5.69 Å². The Morgan fingerprint density at radius 2 is 2.19 bits per heavy atom. The number of carbonyl (C=O) groups excluding carboxylic acids is 1. The minimum Gasteiger partial charge on any atom is -0.326 e. The molecule has 1 amide bonds. The fourth-order valence-electron chi connectivity index (χ4n) is 1.77. The number of carbonyl (C=O) groups is 1. The maximum Gasteiger partial charge on any atom is 0.228 e. The van der Waals surface area contributed by atoms with Crippen LogP contribution < -0.4 is 5.32 Å². The minimum absolute atomic E-state index is 0.0352. The highest BCUT2D eigenvalue weighted by Gasteiger charge is 2.17. The molecule has 0 atom stereocenters. The van der Waals surface area contributed by atoms with Crippen molar-refractivity contribution < 1.29 is 4.79 Å². The van der Waals surface area contributed by atoms with Gasteiger partial charge in [0.2, 0.25) is 5.91 Å². The first-order valence-electron chi connectivity index (χ1n) is 4.90. The molecule has 0 unspecified atom stereocenters. The molecule has 2 aromatic rings. The summed E-state index contributed by atoms with van der Waals surface area (Å²) in [6.07, 6.45) is 2.05. The van der Waals surface area contributed by atoms with E-state index in [9.17, 15) is 4.79 Å². The Morgan fingerprint density at radius 1 is 1.25 bits per heavy atom. The molecule has 0 bridgehead atoms. The van der Waals surface area contributed by atoms with Gasteiger partial charge in [-0.2, -0.15) is 0 Å². The number of nitrogens with zero attached hydrogens (tertiary/aromatic N) is 3. The van der Waals surface area contributed by atoms with Gasteiger partial charge in [0.1, 0.15) is 0 Å². The molecule has 78 valence electrons. The lowest BCUT2D eigenvalue weighted by molar-refractivity contribution is -0.115. The van der Waals surface area contributed by atoms with Crippen LogP contribution >= 0.6 is 0 Å². The lowest BCUT2D eigenvalue weighted by Crippen LogP contribution is -2.03. The highest BCUT2D eigenvalue weighted by atomic mass is 16.1. The van der Waals surface area contributed by atoms with E-state index in [4.69, 9.17) is 0 Å². The van der Waals surface area contributed by atoms with Crippen molar-refractivity contribution in [2.75, 3.05) is 5.32 Å². The molecule has 5 nitrogen and oxygen atoms in total. The Bertz CT molecular complexity index is 553. The van der Waals surface area contributed by atoms with Crippen LogP contribution in [0.5, 0.6) is 0 Å². The summed E-state index contributed by atoms with van der Waals surface area (Å²) in [7, 11) is 0. The zero-order chi connectivity index (χ0) is 11.0. The van der Waals surface area contributed by atoms with Crippen LogP contribution in [0, 0.1) is 0 Å². The smallest absolute Gasteiger partial charge is 0.228 e. The Kier molecular flexibility index (Phi) is 1.89. The second-order valence-corrected chi connectivity index (χ2v) is 3.60. The molecule has 16 heavy (non-hydrogen) atoms. The highest BCUT2D eigenvalue weighted by Crippen LogP contribution is 2.27. The average Bonchev–Trinajstić information content (AvgIpc) is 2.69. The molecule has 0 radical (unpaired) electrons. The van der Waals surface area contributed by atoms with Gasteiger partial charge >= 0.3 is 0 Å². The summed E-state index contributed by atoms with van der Waals surface area (Å²) in [5.74, 6) is 0.0352. The van der Waals surface area contributed by atoms with Gasteiger partial charge in [0.25, 0.3) is 0 Å². The molecule has 0 spiro atoms. The Balaban J connectivity index is 2.06. The molecule has 3 rings (SSSR count). The maximum absolute atomic E-state index is 11.2. The summed E-state index contributed by atoms with van der Waals surface area (Å²) in [5.41, 5.74) is 3.56. The van der Waals surface area contributed by atoms with Gasteiger partial charge in [0.15, 0.2) is 0 Å². The summed E-state index contributed by atoms with van der Waals surface area (Å²) < 4.78 is 0. The number of hydrogen-bond acceptors (Lipinski definition) is 4. The van der Waals surface area contributed by atoms with Gasteiger partial charge in [-0.3, -0.25) is 4.79 Å². The van der Waals surface area contributed by atoms with Crippen molar-refractivity contribution in [3.8, 4) is 11.3 Å². The summed E-state index contributed by atoms with van der Waals surface area (Å²) in [4.78, 5) is 11.2. The number of nitrogens with one attached hydrogen (secondary N) is 1. The summed E-state index contributed by atoms with van der Waals surface area (Å²) in [6.45, 7) is 0. The van der Waals surface area contributed by atoms with E-state index >= 15 is 0 Å². The van der Waals surface area contributed by atoms with Crippen LogP contribution in [-0.4, -0.2) is 21.3 Å². The molecule has 1 aromatic heterocycles. The van der Waals surface area contributed by atoms with E-state index in [-0.39, 0.29) is 5.91 Å². The maximum atomic E-state index is 11.2. The van der Waals surface area contributed by atoms with Crippen LogP contribution in [0.25, 0.3) is 11.3 Å². The van der Waals surface area contributed by atoms with Gasteiger partial charge in [-0.25, -0.2) is 0 Å². The Labute approximate surface area is 91.5 Å². The first kappa shape index (κ1) is 8.96. The van der Waals surface area contributed by atoms with Gasteiger partial charge < -0.3 is 5.32 Å². The van der Waals surface area contributed by atoms with Crippen molar-refractivity contribution >= 4 is 11.6 Å². The summed E-state index contributed by atoms with van der Waals surface area (Å²) >= 11 is 0. The minimum atomic E-state index is 0.0352. The van der Waals surface area contributed by atoms with E-state index in [2.05, 4.69) is 20.7 Å². The van der Waals surface area contributed by atoms with E-state index in [1.807, 2.05) is 18.2 Å². The SMILES string of the molecule is O=C1Cc2ccc(-c3ccnnn3)cc2N1. The molecule has 1 aliphatic rings. The predicted molar refractivity (Wildman–Crippen MR) is 57.6 cm³/mol. The molecule has 0 saturated heterocycles. The van der Waals surface area contributed by atoms with Crippen LogP contribution in [0.2, 0.25) is 0 Å². The molecule has 1 aliphatic heterocycles. The van der Waals surface area contributed by atoms with E-state index in [1.165, 1.54) is 0 Å². The molecule has 0 fully saturated rings. The zero-order valence-corrected chi connectivity index (χ0v) is 8.34. The van der Waals surface area contributed by atoms with Crippen LogP contribution in [0.3, 0.4) is 0 Å². The number of fused-ring (bicyclic) bond motifs is 1. The number of amides is 1. The van der Waals surface area contributed by atoms with Gasteiger partial charge in [0, 0.05) is 11.3 Å². The van der Waals surface area contributed by atoms with E-state index in [0.717, 1.165) is 22.5 Å².